The lowest BCUT2D eigenvalue weighted by atomic mass is 9.74. The summed E-state index contributed by atoms with van der Waals surface area (Å²) >= 11 is 0. The Morgan fingerprint density at radius 1 is 1.00 bits per heavy atom. The molecular formula is C24H23N7O2S. The lowest BCUT2D eigenvalue weighted by Crippen LogP contribution is -2.42. The number of anilines is 2. The van der Waals surface area contributed by atoms with Crippen LogP contribution in [0.15, 0.2) is 71.9 Å². The molecule has 0 radical (unpaired) electrons. The highest BCUT2D eigenvalue weighted by Gasteiger charge is 2.37. The van der Waals surface area contributed by atoms with Crippen molar-refractivity contribution in [3.63, 3.8) is 0 Å². The molecule has 1 fully saturated rings. The third kappa shape index (κ3) is 3.95. The molecule has 2 aromatic heterocycles. The first kappa shape index (κ1) is 21.9. The average molecular weight is 474 g/mol. The maximum absolute atomic E-state index is 13.0. The van der Waals surface area contributed by atoms with Crippen molar-refractivity contribution in [2.24, 2.45) is 7.05 Å². The molecule has 34 heavy (non-hydrogen) atoms. The van der Waals surface area contributed by atoms with Crippen LogP contribution in [-0.4, -0.2) is 41.3 Å². The summed E-state index contributed by atoms with van der Waals surface area (Å²) in [6.45, 7) is 1.08. The summed E-state index contributed by atoms with van der Waals surface area (Å²) < 4.78 is 30.1. The Kier molecular flexibility index (Phi) is 5.42. The molecule has 1 saturated heterocycles. The van der Waals surface area contributed by atoms with Crippen LogP contribution in [0.5, 0.6) is 0 Å². The van der Waals surface area contributed by atoms with Crippen molar-refractivity contribution in [3.8, 4) is 6.07 Å². The van der Waals surface area contributed by atoms with Gasteiger partial charge in [-0.1, -0.05) is 42.5 Å². The monoisotopic (exact) mass is 473 g/mol. The van der Waals surface area contributed by atoms with Crippen molar-refractivity contribution < 1.29 is 8.42 Å². The molecule has 0 bridgehead atoms. The second-order valence-electron chi connectivity index (χ2n) is 8.39. The fraction of sp³-hybridized carbons (Fsp3) is 0.250. The Hall–Kier alpha value is -3.97. The minimum absolute atomic E-state index is 0.0436. The molecule has 0 aliphatic carbocycles. The first-order valence-corrected chi connectivity index (χ1v) is 12.4. The number of fused-ring (bicyclic) bond motifs is 1. The van der Waals surface area contributed by atoms with Gasteiger partial charge in [0.05, 0.1) is 28.7 Å². The van der Waals surface area contributed by atoms with Crippen molar-refractivity contribution in [2.75, 3.05) is 22.7 Å². The van der Waals surface area contributed by atoms with E-state index in [1.54, 1.807) is 13.1 Å². The Morgan fingerprint density at radius 3 is 2.26 bits per heavy atom. The third-order valence-corrected chi connectivity index (χ3v) is 7.53. The highest BCUT2D eigenvalue weighted by molar-refractivity contribution is 7.92. The molecule has 0 amide bonds. The number of nitrogens with zero attached hydrogens (tertiary/aromatic N) is 6. The Labute approximate surface area is 197 Å². The van der Waals surface area contributed by atoms with E-state index >= 15 is 0 Å². The number of hydrogen-bond donors (Lipinski definition) is 1. The van der Waals surface area contributed by atoms with Crippen LogP contribution >= 0.6 is 0 Å². The second kappa shape index (κ2) is 8.43. The van der Waals surface area contributed by atoms with Crippen LogP contribution in [0.25, 0.3) is 11.0 Å². The Balaban J connectivity index is 1.50. The van der Waals surface area contributed by atoms with Gasteiger partial charge in [-0.15, -0.1) is 0 Å². The van der Waals surface area contributed by atoms with Gasteiger partial charge in [-0.05, 0) is 30.5 Å². The second-order valence-corrected chi connectivity index (χ2v) is 10.1. The molecule has 1 N–H and O–H groups in total. The number of nitrogens with one attached hydrogen (secondary N) is 1. The van der Waals surface area contributed by atoms with E-state index in [0.29, 0.717) is 42.8 Å². The third-order valence-electron chi connectivity index (χ3n) is 6.23. The van der Waals surface area contributed by atoms with Gasteiger partial charge in [0.1, 0.15) is 4.90 Å². The number of sulfonamides is 1. The zero-order valence-corrected chi connectivity index (χ0v) is 19.4. The molecule has 172 valence electrons. The molecule has 0 unspecified atom stereocenters. The zero-order chi connectivity index (χ0) is 23.8. The molecule has 4 aromatic rings. The van der Waals surface area contributed by atoms with Crippen molar-refractivity contribution in [1.29, 1.82) is 5.26 Å². The van der Waals surface area contributed by atoms with E-state index in [9.17, 15) is 13.7 Å². The SMILES string of the molecule is Cn1cc(S(=O)(=O)Nc2nc3ccccc3nc2N2CCC(C#N)(c3ccccc3)CC2)cn1. The molecule has 1 aliphatic heterocycles. The van der Waals surface area contributed by atoms with Crippen LogP contribution in [0.1, 0.15) is 18.4 Å². The lowest BCUT2D eigenvalue weighted by molar-refractivity contribution is 0.414. The van der Waals surface area contributed by atoms with Gasteiger partial charge in [0.25, 0.3) is 10.0 Å². The van der Waals surface area contributed by atoms with Crippen LogP contribution < -0.4 is 9.62 Å². The topological polar surface area (TPSA) is 117 Å². The predicted molar refractivity (Wildman–Crippen MR) is 129 cm³/mol. The zero-order valence-electron chi connectivity index (χ0n) is 18.6. The summed E-state index contributed by atoms with van der Waals surface area (Å²) in [6, 6.07) is 19.7. The molecule has 1 aliphatic rings. The van der Waals surface area contributed by atoms with E-state index in [4.69, 9.17) is 4.98 Å². The highest BCUT2D eigenvalue weighted by Crippen LogP contribution is 2.38. The van der Waals surface area contributed by atoms with Gasteiger partial charge >= 0.3 is 0 Å². The molecule has 3 heterocycles. The molecule has 0 saturated carbocycles. The Morgan fingerprint density at radius 2 is 1.65 bits per heavy atom. The molecule has 9 nitrogen and oxygen atoms in total. The van der Waals surface area contributed by atoms with E-state index < -0.39 is 15.4 Å². The van der Waals surface area contributed by atoms with Crippen LogP contribution in [0.2, 0.25) is 0 Å². The summed E-state index contributed by atoms with van der Waals surface area (Å²) in [6.07, 6.45) is 3.91. The van der Waals surface area contributed by atoms with E-state index in [1.807, 2.05) is 53.4 Å². The minimum atomic E-state index is -3.91. The molecule has 5 rings (SSSR count). The fourth-order valence-electron chi connectivity index (χ4n) is 4.33. The normalized spacial score (nSPS) is 15.7. The number of hydrogen-bond acceptors (Lipinski definition) is 7. The number of nitriles is 1. The fourth-order valence-corrected chi connectivity index (χ4v) is 5.31. The van der Waals surface area contributed by atoms with Crippen LogP contribution in [0.4, 0.5) is 11.6 Å². The van der Waals surface area contributed by atoms with E-state index in [-0.39, 0.29) is 10.7 Å². The number of rotatable bonds is 5. The lowest BCUT2D eigenvalue weighted by Gasteiger charge is -2.38. The molecule has 2 aromatic carbocycles. The van der Waals surface area contributed by atoms with E-state index in [0.717, 1.165) is 5.56 Å². The summed E-state index contributed by atoms with van der Waals surface area (Å²) in [5, 5.41) is 14.0. The van der Waals surface area contributed by atoms with E-state index in [2.05, 4.69) is 20.9 Å². The number of aromatic nitrogens is 4. The largest absolute Gasteiger partial charge is 0.353 e. The Bertz CT molecular complexity index is 1480. The quantitative estimate of drug-likeness (QED) is 0.473. The molecule has 10 heteroatoms. The van der Waals surface area contributed by atoms with Crippen molar-refractivity contribution in [2.45, 2.75) is 23.2 Å². The molecule has 0 atom stereocenters. The van der Waals surface area contributed by atoms with Gasteiger partial charge in [0, 0.05) is 26.3 Å². The predicted octanol–water partition coefficient (Wildman–Crippen LogP) is 3.23. The highest BCUT2D eigenvalue weighted by atomic mass is 32.2. The van der Waals surface area contributed by atoms with Crippen molar-refractivity contribution in [1.82, 2.24) is 19.7 Å². The number of aryl methyl sites for hydroxylation is 1. The number of piperidine rings is 1. The van der Waals surface area contributed by atoms with Gasteiger partial charge < -0.3 is 4.90 Å². The summed E-state index contributed by atoms with van der Waals surface area (Å²) in [7, 11) is -2.25. The first-order chi connectivity index (χ1) is 16.4. The summed E-state index contributed by atoms with van der Waals surface area (Å²) in [5.74, 6) is 0.609. The van der Waals surface area contributed by atoms with Crippen molar-refractivity contribution >= 4 is 32.7 Å². The standard InChI is InChI=1S/C24H23N7O2S/c1-30-16-19(15-26-30)34(32,33)29-22-23(28-21-10-6-5-9-20(21)27-22)31-13-11-24(17-25,12-14-31)18-7-3-2-4-8-18/h2-10,15-16H,11-14H2,1H3,(H,27,29). The van der Waals surface area contributed by atoms with Crippen LogP contribution in [0.3, 0.4) is 0 Å². The molecule has 0 spiro atoms. The minimum Gasteiger partial charge on any atom is -0.353 e. The van der Waals surface area contributed by atoms with Gasteiger partial charge in [-0.25, -0.2) is 18.4 Å². The van der Waals surface area contributed by atoms with Crippen molar-refractivity contribution in [3.05, 3.63) is 72.6 Å². The number of para-hydroxylation sites is 2. The number of benzene rings is 2. The van der Waals surface area contributed by atoms with Gasteiger partial charge in [0.15, 0.2) is 11.6 Å². The van der Waals surface area contributed by atoms with Gasteiger partial charge in [0.2, 0.25) is 0 Å². The average Bonchev–Trinajstić information content (AvgIpc) is 3.31. The molecular weight excluding hydrogens is 450 g/mol. The summed E-state index contributed by atoms with van der Waals surface area (Å²) in [5.41, 5.74) is 1.67. The maximum atomic E-state index is 13.0. The first-order valence-electron chi connectivity index (χ1n) is 10.9. The maximum Gasteiger partial charge on any atom is 0.266 e. The van der Waals surface area contributed by atoms with Crippen LogP contribution in [-0.2, 0) is 22.5 Å². The van der Waals surface area contributed by atoms with Gasteiger partial charge in [-0.3, -0.25) is 9.40 Å². The summed E-state index contributed by atoms with van der Waals surface area (Å²) in [4.78, 5) is 11.4. The van der Waals surface area contributed by atoms with Gasteiger partial charge in [-0.2, -0.15) is 10.4 Å². The smallest absolute Gasteiger partial charge is 0.266 e. The van der Waals surface area contributed by atoms with Crippen LogP contribution in [0, 0.1) is 11.3 Å². The van der Waals surface area contributed by atoms with E-state index in [1.165, 1.54) is 17.1 Å².